The maximum Gasteiger partial charge on any atom is 0.244 e. The molecule has 2 heterocycles. The number of aryl methyl sites for hydroxylation is 1. The maximum atomic E-state index is 12.9. The lowest BCUT2D eigenvalue weighted by molar-refractivity contribution is -0.121. The van der Waals surface area contributed by atoms with Gasteiger partial charge in [0.05, 0.1) is 18.1 Å². The van der Waals surface area contributed by atoms with E-state index in [1.54, 1.807) is 24.3 Å². The lowest BCUT2D eigenvalue weighted by Gasteiger charge is -2.30. The van der Waals surface area contributed by atoms with Gasteiger partial charge in [-0.1, -0.05) is 18.2 Å². The first-order valence-electron chi connectivity index (χ1n) is 9.81. The van der Waals surface area contributed by atoms with Crippen molar-refractivity contribution in [1.82, 2.24) is 4.31 Å². The first-order chi connectivity index (χ1) is 14.4. The highest BCUT2D eigenvalue weighted by Gasteiger charge is 2.30. The highest BCUT2D eigenvalue weighted by Crippen LogP contribution is 2.31. The monoisotopic (exact) mass is 429 g/mol. The summed E-state index contributed by atoms with van der Waals surface area (Å²) >= 11 is 0. The van der Waals surface area contributed by atoms with Gasteiger partial charge in [-0.2, -0.15) is 4.31 Å². The van der Waals surface area contributed by atoms with E-state index in [9.17, 15) is 18.0 Å². The number of amides is 2. The minimum Gasteiger partial charge on any atom is -0.379 e. The Morgan fingerprint density at radius 1 is 1.03 bits per heavy atom. The SMILES string of the molecule is O=C(CN1C(=O)CCc2cc(S(=O)(=O)N3CCOCC3)ccc21)Nc1ccccc1. The number of para-hydroxylation sites is 1. The number of nitrogens with zero attached hydrogens (tertiary/aromatic N) is 2. The van der Waals surface area contributed by atoms with E-state index in [1.165, 1.54) is 15.3 Å². The number of carbonyl (C=O) groups is 2. The number of hydrogen-bond donors (Lipinski definition) is 1. The molecule has 4 rings (SSSR count). The molecule has 0 bridgehead atoms. The minimum atomic E-state index is -3.62. The average molecular weight is 429 g/mol. The zero-order valence-corrected chi connectivity index (χ0v) is 17.2. The summed E-state index contributed by atoms with van der Waals surface area (Å²) < 4.78 is 32.5. The Hall–Kier alpha value is -2.75. The lowest BCUT2D eigenvalue weighted by atomic mass is 10.0. The van der Waals surface area contributed by atoms with Crippen molar-refractivity contribution in [2.75, 3.05) is 43.1 Å². The smallest absolute Gasteiger partial charge is 0.244 e. The molecule has 1 fully saturated rings. The fraction of sp³-hybridized carbons (Fsp3) is 0.333. The van der Waals surface area contributed by atoms with Crippen LogP contribution in [-0.4, -0.2) is 57.4 Å². The minimum absolute atomic E-state index is 0.129. The molecule has 0 atom stereocenters. The van der Waals surface area contributed by atoms with E-state index >= 15 is 0 Å². The van der Waals surface area contributed by atoms with Gasteiger partial charge in [0.15, 0.2) is 0 Å². The van der Waals surface area contributed by atoms with E-state index in [4.69, 9.17) is 4.74 Å². The van der Waals surface area contributed by atoms with E-state index in [0.29, 0.717) is 44.1 Å². The van der Waals surface area contributed by atoms with E-state index in [1.807, 2.05) is 18.2 Å². The Morgan fingerprint density at radius 3 is 2.50 bits per heavy atom. The number of morpholine rings is 1. The lowest BCUT2D eigenvalue weighted by Crippen LogP contribution is -2.42. The number of sulfonamides is 1. The summed E-state index contributed by atoms with van der Waals surface area (Å²) in [5.74, 6) is -0.470. The van der Waals surface area contributed by atoms with Crippen LogP contribution >= 0.6 is 0 Å². The molecule has 2 amide bonds. The molecule has 8 nitrogen and oxygen atoms in total. The van der Waals surface area contributed by atoms with Crippen LogP contribution in [0.5, 0.6) is 0 Å². The quantitative estimate of drug-likeness (QED) is 0.779. The highest BCUT2D eigenvalue weighted by molar-refractivity contribution is 7.89. The predicted molar refractivity (Wildman–Crippen MR) is 112 cm³/mol. The van der Waals surface area contributed by atoms with Crippen LogP contribution in [0.15, 0.2) is 53.4 Å². The molecule has 30 heavy (non-hydrogen) atoms. The number of ether oxygens (including phenoxy) is 1. The second-order valence-corrected chi connectivity index (χ2v) is 9.14. The van der Waals surface area contributed by atoms with E-state index in [2.05, 4.69) is 5.32 Å². The molecule has 0 unspecified atom stereocenters. The molecule has 0 saturated carbocycles. The van der Waals surface area contributed by atoms with Gasteiger partial charge in [0.1, 0.15) is 6.54 Å². The van der Waals surface area contributed by atoms with Gasteiger partial charge in [0.2, 0.25) is 21.8 Å². The molecule has 158 valence electrons. The number of benzene rings is 2. The fourth-order valence-corrected chi connectivity index (χ4v) is 5.13. The molecule has 2 aliphatic rings. The fourth-order valence-electron chi connectivity index (χ4n) is 3.67. The molecule has 0 aliphatic carbocycles. The summed E-state index contributed by atoms with van der Waals surface area (Å²) in [6, 6.07) is 13.8. The van der Waals surface area contributed by atoms with Crippen molar-refractivity contribution in [3.63, 3.8) is 0 Å². The van der Waals surface area contributed by atoms with Crippen LogP contribution in [-0.2, 0) is 30.8 Å². The third kappa shape index (κ3) is 4.23. The van der Waals surface area contributed by atoms with Crippen LogP contribution < -0.4 is 10.2 Å². The molecule has 1 N–H and O–H groups in total. The Morgan fingerprint density at radius 2 is 1.77 bits per heavy atom. The predicted octanol–water partition coefficient (Wildman–Crippen LogP) is 1.63. The zero-order chi connectivity index (χ0) is 21.1. The van der Waals surface area contributed by atoms with Gasteiger partial charge in [-0.15, -0.1) is 0 Å². The number of hydrogen-bond acceptors (Lipinski definition) is 5. The van der Waals surface area contributed by atoms with Crippen LogP contribution in [0, 0.1) is 0 Å². The van der Waals surface area contributed by atoms with Gasteiger partial charge < -0.3 is 15.0 Å². The average Bonchev–Trinajstić information content (AvgIpc) is 2.76. The summed E-state index contributed by atoms with van der Waals surface area (Å²) in [6.45, 7) is 1.27. The van der Waals surface area contributed by atoms with E-state index in [-0.39, 0.29) is 29.7 Å². The van der Waals surface area contributed by atoms with Gasteiger partial charge in [0, 0.05) is 30.9 Å². The largest absolute Gasteiger partial charge is 0.379 e. The van der Waals surface area contributed by atoms with Crippen LogP contribution in [0.25, 0.3) is 0 Å². The van der Waals surface area contributed by atoms with Gasteiger partial charge >= 0.3 is 0 Å². The molecular formula is C21H23N3O5S. The van der Waals surface area contributed by atoms with Crippen LogP contribution in [0.2, 0.25) is 0 Å². The molecular weight excluding hydrogens is 406 g/mol. The molecule has 1 saturated heterocycles. The Labute approximate surface area is 175 Å². The summed E-state index contributed by atoms with van der Waals surface area (Å²) in [5.41, 5.74) is 1.98. The second-order valence-electron chi connectivity index (χ2n) is 7.20. The van der Waals surface area contributed by atoms with Gasteiger partial charge in [-0.25, -0.2) is 8.42 Å². The highest BCUT2D eigenvalue weighted by atomic mass is 32.2. The Bertz CT molecular complexity index is 1050. The zero-order valence-electron chi connectivity index (χ0n) is 16.4. The topological polar surface area (TPSA) is 96.0 Å². The Kier molecular flexibility index (Phi) is 5.85. The summed E-state index contributed by atoms with van der Waals surface area (Å²) in [5, 5.41) is 2.77. The van der Waals surface area contributed by atoms with Crippen molar-refractivity contribution in [2.24, 2.45) is 0 Å². The van der Waals surface area contributed by atoms with Gasteiger partial charge in [-0.05, 0) is 42.3 Å². The number of nitrogens with one attached hydrogen (secondary N) is 1. The summed E-state index contributed by atoms with van der Waals surface area (Å²) in [7, 11) is -3.62. The third-order valence-corrected chi connectivity index (χ3v) is 7.11. The van der Waals surface area contributed by atoms with Crippen molar-refractivity contribution in [3.05, 3.63) is 54.1 Å². The number of anilines is 2. The molecule has 9 heteroatoms. The molecule has 2 aliphatic heterocycles. The number of carbonyl (C=O) groups excluding carboxylic acids is 2. The van der Waals surface area contributed by atoms with Crippen molar-refractivity contribution in [2.45, 2.75) is 17.7 Å². The van der Waals surface area contributed by atoms with E-state index in [0.717, 1.165) is 5.56 Å². The maximum absolute atomic E-state index is 12.9. The summed E-state index contributed by atoms with van der Waals surface area (Å²) in [6.07, 6.45) is 0.671. The summed E-state index contributed by atoms with van der Waals surface area (Å²) in [4.78, 5) is 26.5. The number of fused-ring (bicyclic) bond motifs is 1. The van der Waals surface area contributed by atoms with Crippen molar-refractivity contribution < 1.29 is 22.7 Å². The second kappa shape index (κ2) is 8.55. The standard InChI is InChI=1S/C21H23N3O5S/c25-20(22-17-4-2-1-3-5-17)15-24-19-8-7-18(14-16(19)6-9-21(24)26)30(27,28)23-10-12-29-13-11-23/h1-5,7-8,14H,6,9-13,15H2,(H,22,25). The molecule has 2 aromatic rings. The van der Waals surface area contributed by atoms with Crippen LogP contribution in [0.3, 0.4) is 0 Å². The molecule has 0 spiro atoms. The van der Waals surface area contributed by atoms with Crippen LogP contribution in [0.4, 0.5) is 11.4 Å². The third-order valence-electron chi connectivity index (χ3n) is 5.22. The normalized spacial score (nSPS) is 17.5. The van der Waals surface area contributed by atoms with E-state index < -0.39 is 10.0 Å². The van der Waals surface area contributed by atoms with Crippen molar-refractivity contribution in [3.8, 4) is 0 Å². The molecule has 0 aromatic heterocycles. The van der Waals surface area contributed by atoms with Crippen molar-refractivity contribution >= 4 is 33.2 Å². The van der Waals surface area contributed by atoms with Crippen LogP contribution in [0.1, 0.15) is 12.0 Å². The van der Waals surface area contributed by atoms with Gasteiger partial charge in [0.25, 0.3) is 0 Å². The molecule has 2 aromatic carbocycles. The van der Waals surface area contributed by atoms with Crippen molar-refractivity contribution in [1.29, 1.82) is 0 Å². The van der Waals surface area contributed by atoms with Gasteiger partial charge in [-0.3, -0.25) is 9.59 Å². The first kappa shape index (κ1) is 20.5. The molecule has 0 radical (unpaired) electrons. The first-order valence-corrected chi connectivity index (χ1v) is 11.3. The Balaban J connectivity index is 1.55. The number of rotatable bonds is 5.